The third-order valence-corrected chi connectivity index (χ3v) is 4.51. The molecule has 1 saturated carbocycles. The molecule has 3 rings (SSSR count). The molecular weight excluding hydrogens is 254 g/mol. The SMILES string of the molecule is CC(C)Cc1cccc(C(N)C2CC2c2ccccc2)c1. The Morgan fingerprint density at radius 1 is 1.05 bits per heavy atom. The van der Waals surface area contributed by atoms with Gasteiger partial charge in [-0.25, -0.2) is 0 Å². The molecule has 110 valence electrons. The van der Waals surface area contributed by atoms with Gasteiger partial charge in [-0.1, -0.05) is 68.4 Å². The van der Waals surface area contributed by atoms with Crippen molar-refractivity contribution in [3.63, 3.8) is 0 Å². The van der Waals surface area contributed by atoms with Crippen molar-refractivity contribution in [2.45, 2.75) is 38.6 Å². The van der Waals surface area contributed by atoms with Crippen molar-refractivity contribution in [3.8, 4) is 0 Å². The van der Waals surface area contributed by atoms with E-state index in [0.29, 0.717) is 17.8 Å². The third kappa shape index (κ3) is 3.36. The van der Waals surface area contributed by atoms with Crippen molar-refractivity contribution >= 4 is 0 Å². The summed E-state index contributed by atoms with van der Waals surface area (Å²) in [5.41, 5.74) is 10.7. The molecule has 0 amide bonds. The lowest BCUT2D eigenvalue weighted by molar-refractivity contribution is 0.610. The Morgan fingerprint density at radius 3 is 2.52 bits per heavy atom. The van der Waals surface area contributed by atoms with Gasteiger partial charge in [0, 0.05) is 6.04 Å². The zero-order chi connectivity index (χ0) is 14.8. The Bertz CT molecular complexity index is 588. The lowest BCUT2D eigenvalue weighted by atomic mass is 9.95. The molecule has 1 fully saturated rings. The van der Waals surface area contributed by atoms with E-state index in [9.17, 15) is 0 Å². The molecule has 2 aromatic rings. The summed E-state index contributed by atoms with van der Waals surface area (Å²) in [5.74, 6) is 1.94. The maximum absolute atomic E-state index is 6.53. The highest BCUT2D eigenvalue weighted by Gasteiger charge is 2.42. The molecule has 1 aliphatic carbocycles. The minimum atomic E-state index is 0.169. The fourth-order valence-corrected chi connectivity index (χ4v) is 3.34. The summed E-state index contributed by atoms with van der Waals surface area (Å²) < 4.78 is 0. The molecule has 21 heavy (non-hydrogen) atoms. The van der Waals surface area contributed by atoms with E-state index in [-0.39, 0.29) is 6.04 Å². The molecule has 2 aromatic carbocycles. The summed E-state index contributed by atoms with van der Waals surface area (Å²) in [4.78, 5) is 0. The van der Waals surface area contributed by atoms with Crippen LogP contribution in [0.2, 0.25) is 0 Å². The molecule has 0 radical (unpaired) electrons. The predicted molar refractivity (Wildman–Crippen MR) is 89.2 cm³/mol. The summed E-state index contributed by atoms with van der Waals surface area (Å²) in [6.07, 6.45) is 2.35. The first-order valence-corrected chi connectivity index (χ1v) is 8.04. The number of hydrogen-bond donors (Lipinski definition) is 1. The molecule has 1 aliphatic rings. The van der Waals surface area contributed by atoms with E-state index in [1.165, 1.54) is 23.1 Å². The summed E-state index contributed by atoms with van der Waals surface area (Å²) >= 11 is 0. The van der Waals surface area contributed by atoms with Crippen LogP contribution in [0.3, 0.4) is 0 Å². The van der Waals surface area contributed by atoms with Gasteiger partial charge in [-0.3, -0.25) is 0 Å². The third-order valence-electron chi connectivity index (χ3n) is 4.51. The van der Waals surface area contributed by atoms with Gasteiger partial charge in [0.1, 0.15) is 0 Å². The zero-order valence-electron chi connectivity index (χ0n) is 13.0. The Hall–Kier alpha value is -1.60. The number of nitrogens with two attached hydrogens (primary N) is 1. The van der Waals surface area contributed by atoms with E-state index in [4.69, 9.17) is 5.73 Å². The molecular formula is C20H25N. The quantitative estimate of drug-likeness (QED) is 0.844. The van der Waals surface area contributed by atoms with E-state index in [1.807, 2.05) is 0 Å². The van der Waals surface area contributed by atoms with Gasteiger partial charge in [0.15, 0.2) is 0 Å². The van der Waals surface area contributed by atoms with Crippen molar-refractivity contribution in [1.29, 1.82) is 0 Å². The smallest absolute Gasteiger partial charge is 0.0329 e. The fraction of sp³-hybridized carbons (Fsp3) is 0.400. The molecule has 3 atom stereocenters. The van der Waals surface area contributed by atoms with E-state index in [2.05, 4.69) is 68.4 Å². The largest absolute Gasteiger partial charge is 0.324 e. The number of benzene rings is 2. The monoisotopic (exact) mass is 279 g/mol. The van der Waals surface area contributed by atoms with Crippen molar-refractivity contribution in [2.75, 3.05) is 0 Å². The Labute approximate surface area is 128 Å². The van der Waals surface area contributed by atoms with Crippen LogP contribution in [-0.4, -0.2) is 0 Å². The van der Waals surface area contributed by atoms with Crippen LogP contribution in [0.25, 0.3) is 0 Å². The van der Waals surface area contributed by atoms with Crippen LogP contribution < -0.4 is 5.73 Å². The molecule has 0 saturated heterocycles. The summed E-state index contributed by atoms with van der Waals surface area (Å²) in [6.45, 7) is 4.53. The van der Waals surface area contributed by atoms with E-state index < -0.39 is 0 Å². The highest BCUT2D eigenvalue weighted by molar-refractivity contribution is 5.32. The van der Waals surface area contributed by atoms with Crippen LogP contribution in [0, 0.1) is 11.8 Å². The molecule has 3 unspecified atom stereocenters. The highest BCUT2D eigenvalue weighted by Crippen LogP contribution is 2.53. The summed E-state index contributed by atoms with van der Waals surface area (Å²) in [7, 11) is 0. The Balaban J connectivity index is 1.71. The number of rotatable bonds is 5. The lowest BCUT2D eigenvalue weighted by Gasteiger charge is -2.14. The van der Waals surface area contributed by atoms with Crippen molar-refractivity contribution in [2.24, 2.45) is 17.6 Å². The summed E-state index contributed by atoms with van der Waals surface area (Å²) in [6, 6.07) is 19.8. The lowest BCUT2D eigenvalue weighted by Crippen LogP contribution is -2.14. The van der Waals surface area contributed by atoms with Gasteiger partial charge in [-0.05, 0) is 47.3 Å². The second kappa shape index (κ2) is 6.03. The Morgan fingerprint density at radius 2 is 1.81 bits per heavy atom. The second-order valence-electron chi connectivity index (χ2n) is 6.79. The molecule has 2 N–H and O–H groups in total. The molecule has 0 heterocycles. The molecule has 0 aliphatic heterocycles. The van der Waals surface area contributed by atoms with Gasteiger partial charge in [0.2, 0.25) is 0 Å². The van der Waals surface area contributed by atoms with Gasteiger partial charge < -0.3 is 5.73 Å². The highest BCUT2D eigenvalue weighted by atomic mass is 14.7. The minimum Gasteiger partial charge on any atom is -0.324 e. The van der Waals surface area contributed by atoms with Crippen molar-refractivity contribution in [3.05, 3.63) is 71.3 Å². The molecule has 1 nitrogen and oxygen atoms in total. The fourth-order valence-electron chi connectivity index (χ4n) is 3.34. The van der Waals surface area contributed by atoms with Crippen LogP contribution in [-0.2, 0) is 6.42 Å². The first kappa shape index (κ1) is 14.3. The topological polar surface area (TPSA) is 26.0 Å². The summed E-state index contributed by atoms with van der Waals surface area (Å²) in [5, 5.41) is 0. The molecule has 0 aromatic heterocycles. The van der Waals surface area contributed by atoms with Crippen LogP contribution in [0.1, 0.15) is 48.9 Å². The van der Waals surface area contributed by atoms with Gasteiger partial charge in [0.05, 0.1) is 0 Å². The first-order valence-electron chi connectivity index (χ1n) is 8.04. The standard InChI is InChI=1S/C20H25N/c1-14(2)11-15-7-6-10-17(12-15)20(21)19-13-18(19)16-8-4-3-5-9-16/h3-10,12,14,18-20H,11,13,21H2,1-2H3. The van der Waals surface area contributed by atoms with Crippen LogP contribution in [0.4, 0.5) is 0 Å². The van der Waals surface area contributed by atoms with Crippen molar-refractivity contribution in [1.82, 2.24) is 0 Å². The van der Waals surface area contributed by atoms with E-state index in [0.717, 1.165) is 6.42 Å². The minimum absolute atomic E-state index is 0.169. The normalized spacial score (nSPS) is 22.3. The van der Waals surface area contributed by atoms with Gasteiger partial charge >= 0.3 is 0 Å². The van der Waals surface area contributed by atoms with E-state index >= 15 is 0 Å². The van der Waals surface area contributed by atoms with E-state index in [1.54, 1.807) is 0 Å². The Kier molecular flexibility index (Phi) is 4.12. The zero-order valence-corrected chi connectivity index (χ0v) is 13.0. The van der Waals surface area contributed by atoms with Crippen LogP contribution in [0.5, 0.6) is 0 Å². The first-order chi connectivity index (χ1) is 10.1. The predicted octanol–water partition coefficient (Wildman–Crippen LogP) is 4.69. The average Bonchev–Trinajstić information content (AvgIpc) is 3.27. The molecule has 1 heteroatoms. The van der Waals surface area contributed by atoms with Crippen LogP contribution in [0.15, 0.2) is 54.6 Å². The average molecular weight is 279 g/mol. The van der Waals surface area contributed by atoms with Gasteiger partial charge in [-0.15, -0.1) is 0 Å². The van der Waals surface area contributed by atoms with Crippen LogP contribution >= 0.6 is 0 Å². The maximum atomic E-state index is 6.53. The van der Waals surface area contributed by atoms with Crippen molar-refractivity contribution < 1.29 is 0 Å². The molecule has 0 spiro atoms. The molecule has 0 bridgehead atoms. The number of hydrogen-bond acceptors (Lipinski definition) is 1. The van der Waals surface area contributed by atoms with Gasteiger partial charge in [0.25, 0.3) is 0 Å². The second-order valence-corrected chi connectivity index (χ2v) is 6.79. The van der Waals surface area contributed by atoms with Gasteiger partial charge in [-0.2, -0.15) is 0 Å². The maximum Gasteiger partial charge on any atom is 0.0329 e.